The topological polar surface area (TPSA) is 0 Å². The van der Waals surface area contributed by atoms with E-state index < -0.39 is 0 Å². The van der Waals surface area contributed by atoms with Crippen molar-refractivity contribution in [2.45, 2.75) is 62.9 Å². The SMILES string of the molecule is C[P@]1CCC[C@H]1[C@@H]1CCC[P@@]1C(C)(C)C. The summed E-state index contributed by atoms with van der Waals surface area (Å²) >= 11 is 0. The highest BCUT2D eigenvalue weighted by Gasteiger charge is 2.42. The van der Waals surface area contributed by atoms with E-state index in [1.165, 1.54) is 12.8 Å². The van der Waals surface area contributed by atoms with Gasteiger partial charge in [-0.3, -0.25) is 0 Å². The standard InChI is InChI=1S/C13H26P2/c1-13(2,3)15-10-6-8-12(15)11-7-5-9-14(11)4/h11-12H,5-10H2,1-4H3/t11-,12-,14+,15+/m0/s1. The molecule has 0 amide bonds. The molecule has 4 atom stereocenters. The van der Waals surface area contributed by atoms with Gasteiger partial charge >= 0.3 is 0 Å². The zero-order chi connectivity index (χ0) is 11.1. The molecule has 0 aromatic heterocycles. The van der Waals surface area contributed by atoms with Gasteiger partial charge in [-0.1, -0.05) is 28.7 Å². The van der Waals surface area contributed by atoms with Gasteiger partial charge in [-0.15, -0.1) is 7.92 Å². The van der Waals surface area contributed by atoms with Gasteiger partial charge in [0.05, 0.1) is 0 Å². The van der Waals surface area contributed by atoms with Crippen LogP contribution in [0.5, 0.6) is 0 Å². The van der Waals surface area contributed by atoms with E-state index >= 15 is 0 Å². The summed E-state index contributed by atoms with van der Waals surface area (Å²) in [4.78, 5) is 0. The highest BCUT2D eigenvalue weighted by atomic mass is 31.1. The first-order valence-corrected chi connectivity index (χ1v) is 10.1. The fourth-order valence-corrected chi connectivity index (χ4v) is 10.6. The van der Waals surface area contributed by atoms with Crippen LogP contribution in [0.1, 0.15) is 46.5 Å². The van der Waals surface area contributed by atoms with Crippen LogP contribution >= 0.6 is 15.8 Å². The maximum atomic E-state index is 2.57. The van der Waals surface area contributed by atoms with E-state index in [1.807, 2.05) is 0 Å². The minimum atomic E-state index is 0.329. The molecule has 0 N–H and O–H groups in total. The predicted octanol–water partition coefficient (Wildman–Crippen LogP) is 4.70. The molecule has 2 rings (SSSR count). The first-order valence-electron chi connectivity index (χ1n) is 6.47. The van der Waals surface area contributed by atoms with E-state index in [2.05, 4.69) is 27.4 Å². The van der Waals surface area contributed by atoms with Crippen molar-refractivity contribution < 1.29 is 0 Å². The van der Waals surface area contributed by atoms with Crippen LogP contribution in [-0.4, -0.2) is 35.5 Å². The Labute approximate surface area is 98.1 Å². The lowest BCUT2D eigenvalue weighted by molar-refractivity contribution is 0.683. The van der Waals surface area contributed by atoms with Crippen LogP contribution in [0.25, 0.3) is 0 Å². The second-order valence-corrected chi connectivity index (χ2v) is 12.3. The zero-order valence-electron chi connectivity index (χ0n) is 10.8. The Hall–Kier alpha value is 0.860. The molecule has 0 nitrogen and oxygen atoms in total. The van der Waals surface area contributed by atoms with E-state index in [0.29, 0.717) is 21.0 Å². The van der Waals surface area contributed by atoms with Crippen molar-refractivity contribution in [1.82, 2.24) is 0 Å². The van der Waals surface area contributed by atoms with E-state index in [1.54, 1.807) is 25.2 Å². The van der Waals surface area contributed by atoms with Crippen LogP contribution in [0.2, 0.25) is 0 Å². The third-order valence-corrected chi connectivity index (χ3v) is 11.1. The summed E-state index contributed by atoms with van der Waals surface area (Å²) < 4.78 is 0. The van der Waals surface area contributed by atoms with Gasteiger partial charge in [0.15, 0.2) is 0 Å². The van der Waals surface area contributed by atoms with Gasteiger partial charge in [0.25, 0.3) is 0 Å². The predicted molar refractivity (Wildman–Crippen MR) is 75.3 cm³/mol. The van der Waals surface area contributed by atoms with E-state index in [-0.39, 0.29) is 0 Å². The smallest absolute Gasteiger partial charge is 0.0137 e. The van der Waals surface area contributed by atoms with Crippen molar-refractivity contribution in [3.05, 3.63) is 0 Å². The molecule has 88 valence electrons. The largest absolute Gasteiger partial charge is 0.106 e. The fourth-order valence-electron chi connectivity index (χ4n) is 3.45. The Morgan fingerprint density at radius 1 is 0.933 bits per heavy atom. The molecule has 2 fully saturated rings. The quantitative estimate of drug-likeness (QED) is 0.586. The van der Waals surface area contributed by atoms with Gasteiger partial charge in [0.2, 0.25) is 0 Å². The molecular formula is C13H26P2. The Kier molecular flexibility index (Phi) is 3.79. The van der Waals surface area contributed by atoms with Gasteiger partial charge in [-0.25, -0.2) is 0 Å². The number of hydrogen-bond acceptors (Lipinski definition) is 0. The van der Waals surface area contributed by atoms with E-state index in [9.17, 15) is 0 Å². The number of hydrogen-bond donors (Lipinski definition) is 0. The molecule has 2 heterocycles. The molecule has 0 spiro atoms. The van der Waals surface area contributed by atoms with Crippen molar-refractivity contribution in [2.75, 3.05) is 19.0 Å². The Morgan fingerprint density at radius 2 is 1.53 bits per heavy atom. The Balaban J connectivity index is 2.07. The summed E-state index contributed by atoms with van der Waals surface area (Å²) in [5, 5.41) is 0.620. The average molecular weight is 244 g/mol. The third-order valence-electron chi connectivity index (χ3n) is 4.18. The molecule has 15 heavy (non-hydrogen) atoms. The third kappa shape index (κ3) is 2.58. The highest BCUT2D eigenvalue weighted by molar-refractivity contribution is 7.63. The summed E-state index contributed by atoms with van der Waals surface area (Å²) in [5.74, 6) is 0. The maximum Gasteiger partial charge on any atom is -0.0137 e. The van der Waals surface area contributed by atoms with Crippen LogP contribution in [0.3, 0.4) is 0 Å². The van der Waals surface area contributed by atoms with Crippen LogP contribution in [-0.2, 0) is 0 Å². The fraction of sp³-hybridized carbons (Fsp3) is 1.00. The molecule has 0 saturated carbocycles. The monoisotopic (exact) mass is 244 g/mol. The van der Waals surface area contributed by atoms with Crippen molar-refractivity contribution in [3.63, 3.8) is 0 Å². The molecule has 2 saturated heterocycles. The molecule has 0 aliphatic carbocycles. The molecule has 0 aromatic rings. The first kappa shape index (κ1) is 12.3. The maximum absolute atomic E-state index is 2.57. The molecule has 0 unspecified atom stereocenters. The molecule has 2 heteroatoms. The summed E-state index contributed by atoms with van der Waals surface area (Å²) in [5.41, 5.74) is 2.31. The van der Waals surface area contributed by atoms with Crippen molar-refractivity contribution in [1.29, 1.82) is 0 Å². The highest BCUT2D eigenvalue weighted by Crippen LogP contribution is 2.66. The number of rotatable bonds is 1. The second kappa shape index (κ2) is 4.62. The lowest BCUT2D eigenvalue weighted by atomic mass is 10.1. The molecule has 2 aliphatic rings. The summed E-state index contributed by atoms with van der Waals surface area (Å²) in [7, 11) is 0.732. The zero-order valence-corrected chi connectivity index (χ0v) is 12.6. The summed E-state index contributed by atoms with van der Waals surface area (Å²) in [6, 6.07) is 0. The minimum Gasteiger partial charge on any atom is -0.106 e. The van der Waals surface area contributed by atoms with Crippen LogP contribution < -0.4 is 0 Å². The Bertz CT molecular complexity index is 219. The van der Waals surface area contributed by atoms with Crippen molar-refractivity contribution >= 4 is 15.8 Å². The van der Waals surface area contributed by atoms with Gasteiger partial charge in [0.1, 0.15) is 0 Å². The minimum absolute atomic E-state index is 0.329. The van der Waals surface area contributed by atoms with Crippen LogP contribution in [0.4, 0.5) is 0 Å². The molecule has 0 bridgehead atoms. The second-order valence-electron chi connectivity index (χ2n) is 6.26. The first-order chi connectivity index (χ1) is 7.00. The van der Waals surface area contributed by atoms with Gasteiger partial charge < -0.3 is 0 Å². The average Bonchev–Trinajstić information content (AvgIpc) is 2.69. The van der Waals surface area contributed by atoms with Gasteiger partial charge in [-0.05, 0) is 61.1 Å². The summed E-state index contributed by atoms with van der Waals surface area (Å²) in [6.45, 7) is 10.0. The van der Waals surface area contributed by atoms with E-state index in [0.717, 1.165) is 11.3 Å². The van der Waals surface area contributed by atoms with Crippen LogP contribution in [0.15, 0.2) is 0 Å². The lowest BCUT2D eigenvalue weighted by Crippen LogP contribution is -2.25. The Morgan fingerprint density at radius 3 is 2.07 bits per heavy atom. The van der Waals surface area contributed by atoms with Crippen molar-refractivity contribution in [3.8, 4) is 0 Å². The van der Waals surface area contributed by atoms with Gasteiger partial charge in [0, 0.05) is 0 Å². The molecule has 0 radical (unpaired) electrons. The van der Waals surface area contributed by atoms with Crippen molar-refractivity contribution in [2.24, 2.45) is 0 Å². The molecular weight excluding hydrogens is 218 g/mol. The van der Waals surface area contributed by atoms with E-state index in [4.69, 9.17) is 0 Å². The molecule has 2 aliphatic heterocycles. The molecule has 0 aromatic carbocycles. The lowest BCUT2D eigenvalue weighted by Gasteiger charge is -2.37. The van der Waals surface area contributed by atoms with Crippen LogP contribution in [0, 0.1) is 0 Å². The normalized spacial score (nSPS) is 42.4. The summed E-state index contributed by atoms with van der Waals surface area (Å²) in [6.07, 6.45) is 9.36. The van der Waals surface area contributed by atoms with Gasteiger partial charge in [-0.2, -0.15) is 0 Å².